The third-order valence-corrected chi connectivity index (χ3v) is 5.11. The Hall–Kier alpha value is -2.28. The van der Waals surface area contributed by atoms with Crippen molar-refractivity contribution in [3.05, 3.63) is 41.2 Å². The average Bonchev–Trinajstić information content (AvgIpc) is 3.07. The molecule has 1 amide bonds. The highest BCUT2D eigenvalue weighted by molar-refractivity contribution is 5.77. The van der Waals surface area contributed by atoms with Gasteiger partial charge in [-0.1, -0.05) is 29.5 Å². The molecule has 0 unspecified atom stereocenters. The number of carbonyl (C=O) groups is 1. The number of nitrogens with one attached hydrogen (secondary N) is 2. The van der Waals surface area contributed by atoms with Crippen molar-refractivity contribution in [2.45, 2.75) is 57.5 Å². The number of H-pyrrole nitrogens is 1. The zero-order valence-electron chi connectivity index (χ0n) is 15.7. The molecule has 0 radical (unpaired) electrons. The molecule has 1 fully saturated rings. The molecule has 1 aromatic carbocycles. The van der Waals surface area contributed by atoms with Crippen LogP contribution in [0, 0.1) is 6.92 Å². The Kier molecular flexibility index (Phi) is 5.36. The fraction of sp³-hybridized carbons (Fsp3) is 0.579. The van der Waals surface area contributed by atoms with Crippen molar-refractivity contribution in [2.75, 3.05) is 13.2 Å². The van der Waals surface area contributed by atoms with E-state index in [9.17, 15) is 4.79 Å². The molecule has 2 heterocycles. The van der Waals surface area contributed by atoms with Crippen LogP contribution in [0.1, 0.15) is 50.1 Å². The molecule has 1 aromatic heterocycles. The van der Waals surface area contributed by atoms with Gasteiger partial charge in [0.25, 0.3) is 0 Å². The number of amides is 1. The van der Waals surface area contributed by atoms with Crippen molar-refractivity contribution in [1.82, 2.24) is 25.9 Å². The lowest BCUT2D eigenvalue weighted by atomic mass is 9.66. The summed E-state index contributed by atoms with van der Waals surface area (Å²) >= 11 is 0. The van der Waals surface area contributed by atoms with Crippen LogP contribution in [0.25, 0.3) is 0 Å². The molecule has 0 aliphatic carbocycles. The van der Waals surface area contributed by atoms with Crippen LogP contribution in [0.4, 0.5) is 0 Å². The van der Waals surface area contributed by atoms with Crippen molar-refractivity contribution >= 4 is 5.91 Å². The number of aromatic nitrogens is 4. The number of hydrogen-bond acceptors (Lipinski definition) is 5. The minimum Gasteiger partial charge on any atom is -0.376 e. The summed E-state index contributed by atoms with van der Waals surface area (Å²) in [7, 11) is 0. The summed E-state index contributed by atoms with van der Waals surface area (Å²) in [4.78, 5) is 12.7. The predicted molar refractivity (Wildman–Crippen MR) is 97.6 cm³/mol. The van der Waals surface area contributed by atoms with E-state index in [1.165, 1.54) is 11.1 Å². The monoisotopic (exact) mass is 357 g/mol. The van der Waals surface area contributed by atoms with Gasteiger partial charge < -0.3 is 10.1 Å². The van der Waals surface area contributed by atoms with E-state index in [0.717, 1.165) is 12.8 Å². The van der Waals surface area contributed by atoms with Gasteiger partial charge in [0.15, 0.2) is 5.82 Å². The van der Waals surface area contributed by atoms with Gasteiger partial charge in [0.1, 0.15) is 0 Å². The van der Waals surface area contributed by atoms with Gasteiger partial charge in [-0.05, 0) is 44.7 Å². The maximum absolute atomic E-state index is 12.7. The van der Waals surface area contributed by atoms with Crippen LogP contribution in [-0.2, 0) is 21.4 Å². The molecule has 3 rings (SSSR count). The number of aromatic amines is 1. The molecule has 0 saturated carbocycles. The molecule has 7 nitrogen and oxygen atoms in total. The molecular weight excluding hydrogens is 330 g/mol. The lowest BCUT2D eigenvalue weighted by molar-refractivity contribution is -0.126. The van der Waals surface area contributed by atoms with E-state index < -0.39 is 0 Å². The van der Waals surface area contributed by atoms with Crippen LogP contribution >= 0.6 is 0 Å². The van der Waals surface area contributed by atoms with Crippen molar-refractivity contribution in [1.29, 1.82) is 0 Å². The van der Waals surface area contributed by atoms with Crippen LogP contribution in [0.2, 0.25) is 0 Å². The summed E-state index contributed by atoms with van der Waals surface area (Å²) in [6.45, 7) is 7.49. The molecule has 140 valence electrons. The molecular formula is C19H27N5O2. The summed E-state index contributed by atoms with van der Waals surface area (Å²) < 4.78 is 5.93. The zero-order chi connectivity index (χ0) is 18.6. The highest BCUT2D eigenvalue weighted by Gasteiger charge is 2.44. The van der Waals surface area contributed by atoms with Crippen LogP contribution < -0.4 is 5.32 Å². The van der Waals surface area contributed by atoms with Crippen LogP contribution in [0.3, 0.4) is 0 Å². The summed E-state index contributed by atoms with van der Waals surface area (Å²) in [5.41, 5.74) is 2.03. The first-order valence-corrected chi connectivity index (χ1v) is 9.09. The number of aryl methyl sites for hydroxylation is 1. The van der Waals surface area contributed by atoms with E-state index in [2.05, 4.69) is 64.9 Å². The van der Waals surface area contributed by atoms with E-state index in [1.54, 1.807) is 0 Å². The molecule has 26 heavy (non-hydrogen) atoms. The standard InChI is InChI=1S/C19H27N5O2/c1-14-6-4-5-7-15(14)19(9-11-26-18(2,3)13-19)12-17(25)20-10-8-16-21-23-24-22-16/h4-7H,8-13H2,1-3H3,(H,20,25)(H,21,22,23,24)/t19-/m1/s1. The molecule has 2 N–H and O–H groups in total. The Balaban J connectivity index is 1.73. The Labute approximate surface area is 153 Å². The van der Waals surface area contributed by atoms with E-state index >= 15 is 0 Å². The fourth-order valence-electron chi connectivity index (χ4n) is 4.09. The Morgan fingerprint density at radius 1 is 1.35 bits per heavy atom. The topological polar surface area (TPSA) is 92.8 Å². The van der Waals surface area contributed by atoms with Gasteiger partial charge in [-0.25, -0.2) is 0 Å². The van der Waals surface area contributed by atoms with Crippen molar-refractivity contribution in [3.63, 3.8) is 0 Å². The summed E-state index contributed by atoms with van der Waals surface area (Å²) in [6.07, 6.45) is 2.69. The van der Waals surface area contributed by atoms with E-state index in [-0.39, 0.29) is 16.9 Å². The zero-order valence-corrected chi connectivity index (χ0v) is 15.7. The number of rotatable bonds is 6. The first-order valence-electron chi connectivity index (χ1n) is 9.09. The van der Waals surface area contributed by atoms with Gasteiger partial charge in [0, 0.05) is 31.4 Å². The normalized spacial score (nSPS) is 22.1. The highest BCUT2D eigenvalue weighted by Crippen LogP contribution is 2.45. The minimum atomic E-state index is -0.245. The van der Waals surface area contributed by atoms with Crippen LogP contribution in [-0.4, -0.2) is 45.3 Å². The van der Waals surface area contributed by atoms with Gasteiger partial charge in [0.2, 0.25) is 5.91 Å². The second-order valence-corrected chi connectivity index (χ2v) is 7.73. The van der Waals surface area contributed by atoms with E-state index in [0.29, 0.717) is 31.8 Å². The first kappa shape index (κ1) is 18.5. The molecule has 0 bridgehead atoms. The van der Waals surface area contributed by atoms with Crippen LogP contribution in [0.15, 0.2) is 24.3 Å². The maximum Gasteiger partial charge on any atom is 0.220 e. The van der Waals surface area contributed by atoms with Gasteiger partial charge in [-0.2, -0.15) is 5.21 Å². The molecule has 1 atom stereocenters. The van der Waals surface area contributed by atoms with Crippen LogP contribution in [0.5, 0.6) is 0 Å². The number of tetrazole rings is 1. The predicted octanol–water partition coefficient (Wildman–Crippen LogP) is 2.08. The highest BCUT2D eigenvalue weighted by atomic mass is 16.5. The fourth-order valence-corrected chi connectivity index (χ4v) is 4.09. The largest absolute Gasteiger partial charge is 0.376 e. The number of nitrogens with zero attached hydrogens (tertiary/aromatic N) is 3. The van der Waals surface area contributed by atoms with Gasteiger partial charge in [0.05, 0.1) is 5.60 Å². The third-order valence-electron chi connectivity index (χ3n) is 5.11. The van der Waals surface area contributed by atoms with Gasteiger partial charge >= 0.3 is 0 Å². The van der Waals surface area contributed by atoms with Gasteiger partial charge in [-0.3, -0.25) is 4.79 Å². The van der Waals surface area contributed by atoms with Crippen molar-refractivity contribution < 1.29 is 9.53 Å². The molecule has 7 heteroatoms. The second kappa shape index (κ2) is 7.53. The minimum absolute atomic E-state index is 0.0504. The number of ether oxygens (including phenoxy) is 1. The number of hydrogen-bond donors (Lipinski definition) is 2. The number of carbonyl (C=O) groups excluding carboxylic acids is 1. The lowest BCUT2D eigenvalue weighted by Gasteiger charge is -2.45. The smallest absolute Gasteiger partial charge is 0.220 e. The molecule has 2 aromatic rings. The lowest BCUT2D eigenvalue weighted by Crippen LogP contribution is -2.47. The summed E-state index contributed by atoms with van der Waals surface area (Å²) in [6, 6.07) is 8.37. The van der Waals surface area contributed by atoms with Crippen molar-refractivity contribution in [2.24, 2.45) is 0 Å². The second-order valence-electron chi connectivity index (χ2n) is 7.73. The Morgan fingerprint density at radius 3 is 2.85 bits per heavy atom. The maximum atomic E-state index is 12.7. The molecule has 1 saturated heterocycles. The average molecular weight is 357 g/mol. The molecule has 1 aliphatic heterocycles. The Bertz CT molecular complexity index is 744. The summed E-state index contributed by atoms with van der Waals surface area (Å²) in [5.74, 6) is 0.653. The van der Waals surface area contributed by atoms with E-state index in [1.807, 2.05) is 6.07 Å². The SMILES string of the molecule is Cc1ccccc1[C@@]1(CC(=O)NCCc2nn[nH]n2)CCOC(C)(C)C1. The third kappa shape index (κ3) is 4.27. The Morgan fingerprint density at radius 2 is 2.15 bits per heavy atom. The summed E-state index contributed by atoms with van der Waals surface area (Å²) in [5, 5.41) is 16.8. The van der Waals surface area contributed by atoms with Gasteiger partial charge in [-0.15, -0.1) is 10.2 Å². The van der Waals surface area contributed by atoms with Crippen molar-refractivity contribution in [3.8, 4) is 0 Å². The quantitative estimate of drug-likeness (QED) is 0.826. The number of benzene rings is 1. The first-order chi connectivity index (χ1) is 12.4. The molecule has 0 spiro atoms. The van der Waals surface area contributed by atoms with E-state index in [4.69, 9.17) is 4.74 Å². The molecule has 1 aliphatic rings.